The number of nitrogens with zero attached hydrogens (tertiary/aromatic N) is 4. The zero-order valence-corrected chi connectivity index (χ0v) is 9.58. The second-order valence-electron chi connectivity index (χ2n) is 3.39. The van der Waals surface area contributed by atoms with Crippen molar-refractivity contribution in [2.24, 2.45) is 0 Å². The van der Waals surface area contributed by atoms with E-state index >= 15 is 0 Å². The molecular formula is C9H13N5S. The van der Waals surface area contributed by atoms with Crippen LogP contribution in [-0.2, 0) is 6.42 Å². The first-order valence-electron chi connectivity index (χ1n) is 4.85. The summed E-state index contributed by atoms with van der Waals surface area (Å²) < 4.78 is 5.93. The van der Waals surface area contributed by atoms with Crippen molar-refractivity contribution in [2.75, 3.05) is 5.73 Å². The van der Waals surface area contributed by atoms with Crippen molar-refractivity contribution in [3.63, 3.8) is 0 Å². The van der Waals surface area contributed by atoms with Crippen LogP contribution in [0.3, 0.4) is 0 Å². The van der Waals surface area contributed by atoms with Gasteiger partial charge >= 0.3 is 0 Å². The summed E-state index contributed by atoms with van der Waals surface area (Å²) in [5.41, 5.74) is 6.63. The third-order valence-corrected chi connectivity index (χ3v) is 2.81. The first kappa shape index (κ1) is 10.1. The van der Waals surface area contributed by atoms with Crippen molar-refractivity contribution in [1.29, 1.82) is 0 Å². The van der Waals surface area contributed by atoms with E-state index in [9.17, 15) is 0 Å². The lowest BCUT2D eigenvalue weighted by atomic mass is 10.3. The van der Waals surface area contributed by atoms with Gasteiger partial charge in [-0.25, -0.2) is 9.67 Å². The van der Waals surface area contributed by atoms with Crippen LogP contribution >= 0.6 is 11.5 Å². The van der Waals surface area contributed by atoms with Gasteiger partial charge in [-0.15, -0.1) is 5.10 Å². The van der Waals surface area contributed by atoms with Gasteiger partial charge in [0.2, 0.25) is 5.13 Å². The van der Waals surface area contributed by atoms with Gasteiger partial charge in [-0.3, -0.25) is 0 Å². The summed E-state index contributed by atoms with van der Waals surface area (Å²) in [5.74, 6) is 1.42. The molecule has 0 aliphatic rings. The molecule has 0 saturated heterocycles. The largest absolute Gasteiger partial charge is 0.382 e. The number of aryl methyl sites for hydroxylation is 2. The molecule has 2 heterocycles. The number of hydrogen-bond donors (Lipinski definition) is 1. The van der Waals surface area contributed by atoms with Gasteiger partial charge in [-0.2, -0.15) is 4.37 Å². The Kier molecular flexibility index (Phi) is 2.68. The molecule has 2 aromatic heterocycles. The summed E-state index contributed by atoms with van der Waals surface area (Å²) in [4.78, 5) is 4.38. The first-order chi connectivity index (χ1) is 7.20. The van der Waals surface area contributed by atoms with Crippen molar-refractivity contribution in [3.05, 3.63) is 17.6 Å². The van der Waals surface area contributed by atoms with Gasteiger partial charge in [-0.05, 0) is 13.3 Å². The molecular weight excluding hydrogens is 210 g/mol. The fourth-order valence-electron chi connectivity index (χ4n) is 1.23. The van der Waals surface area contributed by atoms with Crippen molar-refractivity contribution >= 4 is 17.4 Å². The number of aromatic nitrogens is 4. The Morgan fingerprint density at radius 3 is 2.93 bits per heavy atom. The topological polar surface area (TPSA) is 69.6 Å². The minimum Gasteiger partial charge on any atom is -0.382 e. The van der Waals surface area contributed by atoms with Crippen LogP contribution in [0.25, 0.3) is 5.13 Å². The molecule has 15 heavy (non-hydrogen) atoms. The highest BCUT2D eigenvalue weighted by Gasteiger charge is 2.08. The minimum atomic E-state index is 0.544. The maximum atomic E-state index is 5.67. The van der Waals surface area contributed by atoms with Crippen LogP contribution < -0.4 is 5.73 Å². The zero-order chi connectivity index (χ0) is 10.8. The maximum Gasteiger partial charge on any atom is 0.230 e. The molecule has 0 radical (unpaired) electrons. The van der Waals surface area contributed by atoms with E-state index in [1.54, 1.807) is 4.68 Å². The summed E-state index contributed by atoms with van der Waals surface area (Å²) in [6.07, 6.45) is 3.83. The third-order valence-electron chi connectivity index (χ3n) is 2.06. The predicted octanol–water partition coefficient (Wildman–Crippen LogP) is 1.57. The molecule has 0 atom stereocenters. The SMILES string of the molecule is CCCc1nsc(-n2cc(C)c(N)n2)n1. The molecule has 0 aliphatic carbocycles. The fourth-order valence-corrected chi connectivity index (χ4v) is 1.88. The molecule has 6 heteroatoms. The molecule has 0 bridgehead atoms. The van der Waals surface area contributed by atoms with Crippen LogP contribution in [0.15, 0.2) is 6.20 Å². The Morgan fingerprint density at radius 1 is 1.53 bits per heavy atom. The molecule has 5 nitrogen and oxygen atoms in total. The number of hydrogen-bond acceptors (Lipinski definition) is 5. The summed E-state index contributed by atoms with van der Waals surface area (Å²) in [5, 5.41) is 4.93. The Bertz CT molecular complexity index is 439. The molecule has 2 aromatic rings. The Hall–Kier alpha value is -1.43. The van der Waals surface area contributed by atoms with E-state index in [4.69, 9.17) is 5.73 Å². The molecule has 0 aromatic carbocycles. The molecule has 0 saturated carbocycles. The summed E-state index contributed by atoms with van der Waals surface area (Å²) in [7, 11) is 0. The third kappa shape index (κ3) is 1.99. The lowest BCUT2D eigenvalue weighted by molar-refractivity contribution is 0.827. The molecule has 2 rings (SSSR count). The number of rotatable bonds is 3. The molecule has 0 spiro atoms. The standard InChI is InChI=1S/C9H13N5S/c1-3-4-7-11-9(15-13-7)14-5-6(2)8(10)12-14/h5H,3-4H2,1-2H3,(H2,10,12). The Labute approximate surface area is 92.1 Å². The van der Waals surface area contributed by atoms with E-state index in [1.807, 2.05) is 13.1 Å². The van der Waals surface area contributed by atoms with Gasteiger partial charge < -0.3 is 5.73 Å². The van der Waals surface area contributed by atoms with E-state index in [0.717, 1.165) is 29.4 Å². The van der Waals surface area contributed by atoms with Crippen LogP contribution in [0, 0.1) is 6.92 Å². The zero-order valence-electron chi connectivity index (χ0n) is 8.77. The van der Waals surface area contributed by atoms with Gasteiger partial charge in [0.25, 0.3) is 0 Å². The molecule has 0 unspecified atom stereocenters. The highest BCUT2D eigenvalue weighted by atomic mass is 32.1. The number of nitrogens with two attached hydrogens (primary N) is 1. The van der Waals surface area contributed by atoms with Crippen LogP contribution in [0.2, 0.25) is 0 Å². The lowest BCUT2D eigenvalue weighted by Gasteiger charge is -1.91. The van der Waals surface area contributed by atoms with Crippen molar-refractivity contribution in [1.82, 2.24) is 19.1 Å². The summed E-state index contributed by atoms with van der Waals surface area (Å²) in [6.45, 7) is 4.03. The average Bonchev–Trinajstić information content (AvgIpc) is 2.76. The molecule has 80 valence electrons. The normalized spacial score (nSPS) is 10.8. The summed E-state index contributed by atoms with van der Waals surface area (Å²) >= 11 is 1.35. The van der Waals surface area contributed by atoms with E-state index < -0.39 is 0 Å². The average molecular weight is 223 g/mol. The second-order valence-corrected chi connectivity index (χ2v) is 4.12. The van der Waals surface area contributed by atoms with Crippen LogP contribution in [0.4, 0.5) is 5.82 Å². The first-order valence-corrected chi connectivity index (χ1v) is 5.62. The molecule has 0 fully saturated rings. The second kappa shape index (κ2) is 3.98. The molecule has 0 aliphatic heterocycles. The fraction of sp³-hybridized carbons (Fsp3) is 0.444. The van der Waals surface area contributed by atoms with Crippen LogP contribution in [-0.4, -0.2) is 19.1 Å². The van der Waals surface area contributed by atoms with Gasteiger partial charge in [0.05, 0.1) is 0 Å². The quantitative estimate of drug-likeness (QED) is 0.857. The Morgan fingerprint density at radius 2 is 2.33 bits per heavy atom. The molecule has 0 amide bonds. The Balaban J connectivity index is 2.28. The minimum absolute atomic E-state index is 0.544. The number of nitrogen functional groups attached to an aromatic ring is 1. The smallest absolute Gasteiger partial charge is 0.230 e. The van der Waals surface area contributed by atoms with Crippen LogP contribution in [0.5, 0.6) is 0 Å². The highest BCUT2D eigenvalue weighted by molar-refractivity contribution is 7.08. The van der Waals surface area contributed by atoms with E-state index in [-0.39, 0.29) is 0 Å². The lowest BCUT2D eigenvalue weighted by Crippen LogP contribution is -1.96. The van der Waals surface area contributed by atoms with Gasteiger partial charge in [0, 0.05) is 29.7 Å². The van der Waals surface area contributed by atoms with Crippen molar-refractivity contribution < 1.29 is 0 Å². The van der Waals surface area contributed by atoms with E-state index in [2.05, 4.69) is 21.4 Å². The van der Waals surface area contributed by atoms with E-state index in [1.165, 1.54) is 11.5 Å². The monoisotopic (exact) mass is 223 g/mol. The van der Waals surface area contributed by atoms with Crippen LogP contribution in [0.1, 0.15) is 24.7 Å². The van der Waals surface area contributed by atoms with Crippen molar-refractivity contribution in [3.8, 4) is 5.13 Å². The van der Waals surface area contributed by atoms with Crippen molar-refractivity contribution in [2.45, 2.75) is 26.7 Å². The predicted molar refractivity (Wildman–Crippen MR) is 60.2 cm³/mol. The number of anilines is 1. The molecule has 2 N–H and O–H groups in total. The highest BCUT2D eigenvalue weighted by Crippen LogP contribution is 2.15. The van der Waals surface area contributed by atoms with E-state index in [0.29, 0.717) is 5.82 Å². The van der Waals surface area contributed by atoms with Gasteiger partial charge in [0.15, 0.2) is 0 Å². The summed E-state index contributed by atoms with van der Waals surface area (Å²) in [6, 6.07) is 0. The maximum absolute atomic E-state index is 5.67. The van der Waals surface area contributed by atoms with Gasteiger partial charge in [-0.1, -0.05) is 6.92 Å². The van der Waals surface area contributed by atoms with Gasteiger partial charge in [0.1, 0.15) is 11.6 Å².